The van der Waals surface area contributed by atoms with Gasteiger partial charge in [-0.15, -0.1) is 5.10 Å². The molecule has 112 valence electrons. The molecule has 1 atom stereocenters. The maximum atomic E-state index is 11.5. The third-order valence-corrected chi connectivity index (χ3v) is 3.15. The summed E-state index contributed by atoms with van der Waals surface area (Å²) in [4.78, 5) is 11.5. The normalized spacial score (nSPS) is 12.2. The predicted molar refractivity (Wildman–Crippen MR) is 77.2 cm³/mol. The lowest BCUT2D eigenvalue weighted by Crippen LogP contribution is -2.16. The van der Waals surface area contributed by atoms with Gasteiger partial charge in [-0.3, -0.25) is 0 Å². The average molecular weight is 281 g/mol. The van der Waals surface area contributed by atoms with Crippen LogP contribution in [0.4, 0.5) is 5.82 Å². The molecule has 3 N–H and O–H groups in total. The van der Waals surface area contributed by atoms with Crippen LogP contribution in [0.15, 0.2) is 0 Å². The molecule has 0 fully saturated rings. The zero-order valence-corrected chi connectivity index (χ0v) is 12.3. The number of carbonyl (C=O) groups is 1. The Morgan fingerprint density at radius 3 is 2.50 bits per heavy atom. The van der Waals surface area contributed by atoms with Gasteiger partial charge in [0, 0.05) is 6.54 Å². The van der Waals surface area contributed by atoms with Crippen LogP contribution < -0.4 is 5.32 Å². The third-order valence-electron chi connectivity index (χ3n) is 3.15. The van der Waals surface area contributed by atoms with Crippen LogP contribution >= 0.6 is 0 Å². The molecule has 0 bridgehead atoms. The van der Waals surface area contributed by atoms with E-state index in [1.807, 2.05) is 13.8 Å². The molecule has 0 spiro atoms. The molecule has 1 aromatic rings. The summed E-state index contributed by atoms with van der Waals surface area (Å²) in [6.45, 7) is 6.15. The Hall–Kier alpha value is -1.69. The number of hydrogen-bond acceptors (Lipinski definition) is 5. The monoisotopic (exact) mass is 281 g/mol. The largest absolute Gasteiger partial charge is 0.478 e. The highest BCUT2D eigenvalue weighted by molar-refractivity contribution is 5.95. The molecule has 0 amide bonds. The number of hydrogen-bond donors (Lipinski definition) is 3. The Morgan fingerprint density at radius 1 is 1.30 bits per heavy atom. The second-order valence-corrected chi connectivity index (χ2v) is 4.78. The molecule has 1 heterocycles. The maximum absolute atomic E-state index is 11.5. The molecule has 6 heteroatoms. The van der Waals surface area contributed by atoms with Crippen LogP contribution in [-0.4, -0.2) is 39.0 Å². The van der Waals surface area contributed by atoms with Crippen LogP contribution in [0, 0.1) is 0 Å². The van der Waals surface area contributed by atoms with Gasteiger partial charge < -0.3 is 15.5 Å². The first-order valence-electron chi connectivity index (χ1n) is 7.04. The van der Waals surface area contributed by atoms with E-state index in [-0.39, 0.29) is 11.7 Å². The molecule has 0 aliphatic heterocycles. The van der Waals surface area contributed by atoms with Gasteiger partial charge in [0.15, 0.2) is 5.82 Å². The van der Waals surface area contributed by atoms with Crippen molar-refractivity contribution in [3.05, 3.63) is 16.8 Å². The molecule has 0 aliphatic carbocycles. The Balaban J connectivity index is 2.92. The van der Waals surface area contributed by atoms with Gasteiger partial charge in [0.1, 0.15) is 5.56 Å². The first kappa shape index (κ1) is 16.4. The van der Waals surface area contributed by atoms with Gasteiger partial charge in [-0.05, 0) is 38.2 Å². The van der Waals surface area contributed by atoms with Crippen LogP contribution in [0.2, 0.25) is 0 Å². The lowest BCUT2D eigenvalue weighted by molar-refractivity contribution is 0.0696. The van der Waals surface area contributed by atoms with E-state index in [0.717, 1.165) is 17.7 Å². The lowest BCUT2D eigenvalue weighted by atomic mass is 10.0. The minimum Gasteiger partial charge on any atom is -0.478 e. The number of rotatable bonds is 8. The summed E-state index contributed by atoms with van der Waals surface area (Å²) >= 11 is 0. The van der Waals surface area contributed by atoms with Crippen LogP contribution in [0.3, 0.4) is 0 Å². The van der Waals surface area contributed by atoms with E-state index in [4.69, 9.17) is 0 Å². The quantitative estimate of drug-likeness (QED) is 0.630. The Labute approximate surface area is 119 Å². The number of aryl methyl sites for hydroxylation is 1. The SMILES string of the molecule is CCc1nnc(NCCCC(C)O)c(C(=O)O)c1CC. The second-order valence-electron chi connectivity index (χ2n) is 4.78. The number of carboxylic acids is 1. The highest BCUT2D eigenvalue weighted by Crippen LogP contribution is 2.21. The van der Waals surface area contributed by atoms with E-state index in [2.05, 4.69) is 15.5 Å². The van der Waals surface area contributed by atoms with Crippen molar-refractivity contribution in [2.24, 2.45) is 0 Å². The zero-order valence-electron chi connectivity index (χ0n) is 12.3. The Morgan fingerprint density at radius 2 is 2.00 bits per heavy atom. The number of nitrogens with zero attached hydrogens (tertiary/aromatic N) is 2. The molecule has 0 aromatic carbocycles. The third kappa shape index (κ3) is 4.16. The standard InChI is InChI=1S/C14H23N3O3/c1-4-10-11(5-2)16-17-13(12(10)14(19)20)15-8-6-7-9(3)18/h9,18H,4-8H2,1-3H3,(H,15,17)(H,19,20). The molecule has 6 nitrogen and oxygen atoms in total. The Bertz CT molecular complexity index is 461. The molecular weight excluding hydrogens is 258 g/mol. The highest BCUT2D eigenvalue weighted by Gasteiger charge is 2.19. The van der Waals surface area contributed by atoms with Gasteiger partial charge in [-0.1, -0.05) is 13.8 Å². The number of aliphatic hydroxyl groups excluding tert-OH is 1. The van der Waals surface area contributed by atoms with Gasteiger partial charge in [0.25, 0.3) is 0 Å². The van der Waals surface area contributed by atoms with Crippen molar-refractivity contribution in [1.82, 2.24) is 10.2 Å². The second kappa shape index (κ2) is 7.79. The molecule has 1 aromatic heterocycles. The highest BCUT2D eigenvalue weighted by atomic mass is 16.4. The van der Waals surface area contributed by atoms with Gasteiger partial charge in [0.2, 0.25) is 0 Å². The lowest BCUT2D eigenvalue weighted by Gasteiger charge is -2.13. The average Bonchev–Trinajstić information content (AvgIpc) is 2.41. The van der Waals surface area contributed by atoms with Crippen molar-refractivity contribution in [3.8, 4) is 0 Å². The van der Waals surface area contributed by atoms with Crippen LogP contribution in [0.5, 0.6) is 0 Å². The van der Waals surface area contributed by atoms with E-state index in [1.165, 1.54) is 0 Å². The molecule has 0 saturated heterocycles. The summed E-state index contributed by atoms with van der Waals surface area (Å²) in [7, 11) is 0. The molecular formula is C14H23N3O3. The molecule has 1 rings (SSSR count). The van der Waals surface area contributed by atoms with E-state index >= 15 is 0 Å². The number of nitrogens with one attached hydrogen (secondary N) is 1. The minimum absolute atomic E-state index is 0.219. The van der Waals surface area contributed by atoms with E-state index in [9.17, 15) is 15.0 Å². The molecule has 0 saturated carbocycles. The summed E-state index contributed by atoms with van der Waals surface area (Å²) < 4.78 is 0. The number of aliphatic hydroxyl groups is 1. The first-order valence-corrected chi connectivity index (χ1v) is 7.04. The number of carboxylic acid groups (broad SMARTS) is 1. The van der Waals surface area contributed by atoms with Gasteiger partial charge >= 0.3 is 5.97 Å². The fourth-order valence-electron chi connectivity index (χ4n) is 2.13. The van der Waals surface area contributed by atoms with Crippen LogP contribution in [0.1, 0.15) is 55.2 Å². The predicted octanol–water partition coefficient (Wildman–Crippen LogP) is 1.87. The summed E-state index contributed by atoms with van der Waals surface area (Å²) in [5.41, 5.74) is 1.70. The topological polar surface area (TPSA) is 95.3 Å². The van der Waals surface area contributed by atoms with Crippen LogP contribution in [-0.2, 0) is 12.8 Å². The smallest absolute Gasteiger partial charge is 0.339 e. The van der Waals surface area contributed by atoms with E-state index in [0.29, 0.717) is 31.6 Å². The molecule has 20 heavy (non-hydrogen) atoms. The first-order chi connectivity index (χ1) is 9.51. The molecule has 1 unspecified atom stereocenters. The molecule has 0 aliphatic rings. The molecule has 0 radical (unpaired) electrons. The van der Waals surface area contributed by atoms with E-state index in [1.54, 1.807) is 6.92 Å². The Kier molecular flexibility index (Phi) is 6.38. The fourth-order valence-corrected chi connectivity index (χ4v) is 2.13. The van der Waals surface area contributed by atoms with Crippen molar-refractivity contribution >= 4 is 11.8 Å². The number of aromatic carboxylic acids is 1. The van der Waals surface area contributed by atoms with Crippen LogP contribution in [0.25, 0.3) is 0 Å². The summed E-state index contributed by atoms with van der Waals surface area (Å²) in [5.74, 6) is -0.665. The van der Waals surface area contributed by atoms with Crippen molar-refractivity contribution < 1.29 is 15.0 Å². The summed E-state index contributed by atoms with van der Waals surface area (Å²) in [6.07, 6.45) is 2.34. The van der Waals surface area contributed by atoms with Crippen molar-refractivity contribution in [2.45, 2.75) is 52.6 Å². The summed E-state index contributed by atoms with van der Waals surface area (Å²) in [5, 5.41) is 29.7. The van der Waals surface area contributed by atoms with Gasteiger partial charge in [-0.25, -0.2) is 4.79 Å². The zero-order chi connectivity index (χ0) is 15.1. The van der Waals surface area contributed by atoms with Crippen molar-refractivity contribution in [1.29, 1.82) is 0 Å². The van der Waals surface area contributed by atoms with E-state index < -0.39 is 5.97 Å². The van der Waals surface area contributed by atoms with Crippen molar-refractivity contribution in [2.75, 3.05) is 11.9 Å². The van der Waals surface area contributed by atoms with Gasteiger partial charge in [-0.2, -0.15) is 5.10 Å². The number of aromatic nitrogens is 2. The maximum Gasteiger partial charge on any atom is 0.339 e. The van der Waals surface area contributed by atoms with Gasteiger partial charge in [0.05, 0.1) is 11.8 Å². The minimum atomic E-state index is -0.982. The summed E-state index contributed by atoms with van der Waals surface area (Å²) in [6, 6.07) is 0. The fraction of sp³-hybridized carbons (Fsp3) is 0.643. The van der Waals surface area contributed by atoms with Crippen molar-refractivity contribution in [3.63, 3.8) is 0 Å². The number of anilines is 1.